The van der Waals surface area contributed by atoms with Crippen LogP contribution in [-0.4, -0.2) is 14.8 Å². The first kappa shape index (κ1) is 10.9. The molecule has 3 nitrogen and oxygen atoms in total. The number of hydrogen-bond donors (Lipinski definition) is 0. The maximum atomic E-state index is 13.3. The Morgan fingerprint density at radius 2 is 2.11 bits per heavy atom. The third-order valence-corrected chi connectivity index (χ3v) is 3.00. The number of halogens is 1. The smallest absolute Gasteiger partial charge is 0.117 e. The Morgan fingerprint density at radius 1 is 1.22 bits per heavy atom. The van der Waals surface area contributed by atoms with Gasteiger partial charge in [0, 0.05) is 36.0 Å². The Labute approximate surface area is 104 Å². The molecule has 1 aromatic carbocycles. The molecule has 0 aliphatic rings. The minimum atomic E-state index is -0.541. The van der Waals surface area contributed by atoms with Crippen LogP contribution in [0.4, 0.5) is 4.39 Å². The Balaban J connectivity index is 2.29. The molecule has 0 N–H and O–H groups in total. The first-order valence-corrected chi connectivity index (χ1v) is 5.72. The molecule has 0 aliphatic carbocycles. The van der Waals surface area contributed by atoms with Crippen molar-refractivity contribution in [2.24, 2.45) is 7.05 Å². The lowest BCUT2D eigenvalue weighted by Crippen LogP contribution is -1.93. The standard InChI is InChI=1S/C14H12FN3/c1-18-8-6-13(17-18)11-5-4-10-3-2-7-16-14(10)12(11)9-15/h2-8H,9H2,1H3. The average molecular weight is 241 g/mol. The maximum Gasteiger partial charge on any atom is 0.117 e. The summed E-state index contributed by atoms with van der Waals surface area (Å²) in [6, 6.07) is 9.52. The SMILES string of the molecule is Cn1ccc(-c2ccc3cccnc3c2CF)n1. The lowest BCUT2D eigenvalue weighted by molar-refractivity contribution is 0.488. The molecule has 0 spiro atoms. The van der Waals surface area contributed by atoms with Gasteiger partial charge >= 0.3 is 0 Å². The number of benzene rings is 1. The first-order chi connectivity index (χ1) is 8.79. The van der Waals surface area contributed by atoms with Gasteiger partial charge in [-0.1, -0.05) is 18.2 Å². The predicted molar refractivity (Wildman–Crippen MR) is 68.8 cm³/mol. The fourth-order valence-corrected chi connectivity index (χ4v) is 2.14. The molecule has 0 radical (unpaired) electrons. The van der Waals surface area contributed by atoms with Crippen LogP contribution in [0.25, 0.3) is 22.2 Å². The van der Waals surface area contributed by atoms with E-state index in [-0.39, 0.29) is 0 Å². The number of fused-ring (bicyclic) bond motifs is 1. The van der Waals surface area contributed by atoms with E-state index in [1.54, 1.807) is 10.9 Å². The third-order valence-electron chi connectivity index (χ3n) is 3.00. The summed E-state index contributed by atoms with van der Waals surface area (Å²) in [7, 11) is 1.85. The fourth-order valence-electron chi connectivity index (χ4n) is 2.14. The van der Waals surface area contributed by atoms with Crippen molar-refractivity contribution in [2.75, 3.05) is 0 Å². The van der Waals surface area contributed by atoms with Crippen LogP contribution >= 0.6 is 0 Å². The molecule has 18 heavy (non-hydrogen) atoms. The molecule has 2 heterocycles. The van der Waals surface area contributed by atoms with Gasteiger partial charge in [0.1, 0.15) is 6.67 Å². The summed E-state index contributed by atoms with van der Waals surface area (Å²) in [6.45, 7) is -0.541. The van der Waals surface area contributed by atoms with Crippen molar-refractivity contribution < 1.29 is 4.39 Å². The van der Waals surface area contributed by atoms with Crippen molar-refractivity contribution in [1.82, 2.24) is 14.8 Å². The van der Waals surface area contributed by atoms with Crippen molar-refractivity contribution in [3.8, 4) is 11.3 Å². The zero-order valence-corrected chi connectivity index (χ0v) is 9.97. The molecule has 0 fully saturated rings. The minimum absolute atomic E-state index is 0.541. The zero-order valence-electron chi connectivity index (χ0n) is 9.97. The summed E-state index contributed by atoms with van der Waals surface area (Å²) >= 11 is 0. The monoisotopic (exact) mass is 241 g/mol. The molecule has 0 saturated carbocycles. The van der Waals surface area contributed by atoms with Gasteiger partial charge in [0.2, 0.25) is 0 Å². The topological polar surface area (TPSA) is 30.7 Å². The van der Waals surface area contributed by atoms with Crippen LogP contribution in [0.15, 0.2) is 42.7 Å². The number of aryl methyl sites for hydroxylation is 1. The highest BCUT2D eigenvalue weighted by Gasteiger charge is 2.11. The largest absolute Gasteiger partial charge is 0.275 e. The van der Waals surface area contributed by atoms with Crippen molar-refractivity contribution in [2.45, 2.75) is 6.67 Å². The quantitative estimate of drug-likeness (QED) is 0.690. The van der Waals surface area contributed by atoms with Gasteiger partial charge in [0.05, 0.1) is 11.2 Å². The van der Waals surface area contributed by atoms with Crippen LogP contribution in [0.5, 0.6) is 0 Å². The summed E-state index contributed by atoms with van der Waals surface area (Å²) in [5.41, 5.74) is 2.90. The van der Waals surface area contributed by atoms with Gasteiger partial charge < -0.3 is 0 Å². The van der Waals surface area contributed by atoms with E-state index in [0.29, 0.717) is 11.1 Å². The van der Waals surface area contributed by atoms with Crippen molar-refractivity contribution in [3.63, 3.8) is 0 Å². The molecule has 2 aromatic heterocycles. The van der Waals surface area contributed by atoms with E-state index in [2.05, 4.69) is 10.1 Å². The van der Waals surface area contributed by atoms with E-state index in [1.165, 1.54) is 0 Å². The third kappa shape index (κ3) is 1.66. The molecule has 3 rings (SSSR count). The average Bonchev–Trinajstić information content (AvgIpc) is 2.84. The number of rotatable bonds is 2. The maximum absolute atomic E-state index is 13.3. The van der Waals surface area contributed by atoms with Gasteiger partial charge in [-0.25, -0.2) is 4.39 Å². The van der Waals surface area contributed by atoms with Crippen molar-refractivity contribution in [3.05, 3.63) is 48.3 Å². The van der Waals surface area contributed by atoms with Gasteiger partial charge in [-0.3, -0.25) is 9.67 Å². The van der Waals surface area contributed by atoms with Gasteiger partial charge in [-0.15, -0.1) is 0 Å². The molecule has 3 aromatic rings. The lowest BCUT2D eigenvalue weighted by atomic mass is 10.0. The highest BCUT2D eigenvalue weighted by Crippen LogP contribution is 2.28. The summed E-state index contributed by atoms with van der Waals surface area (Å²) < 4.78 is 15.0. The number of hydrogen-bond acceptors (Lipinski definition) is 2. The summed E-state index contributed by atoms with van der Waals surface area (Å²) in [4.78, 5) is 4.27. The van der Waals surface area contributed by atoms with Crippen LogP contribution in [0.3, 0.4) is 0 Å². The Bertz CT molecular complexity index is 703. The fraction of sp³-hybridized carbons (Fsp3) is 0.143. The molecule has 4 heteroatoms. The van der Waals surface area contributed by atoms with Gasteiger partial charge in [0.25, 0.3) is 0 Å². The molecule has 0 atom stereocenters. The number of aromatic nitrogens is 3. The van der Waals surface area contributed by atoms with Crippen molar-refractivity contribution in [1.29, 1.82) is 0 Å². The van der Waals surface area contributed by atoms with Crippen LogP contribution in [0, 0.1) is 0 Å². The summed E-state index contributed by atoms with van der Waals surface area (Å²) in [5, 5.41) is 5.27. The van der Waals surface area contributed by atoms with Crippen LogP contribution in [0.1, 0.15) is 5.56 Å². The number of alkyl halides is 1. The molecular formula is C14H12FN3. The van der Waals surface area contributed by atoms with E-state index in [0.717, 1.165) is 16.6 Å². The van der Waals surface area contributed by atoms with Gasteiger partial charge in [-0.05, 0) is 12.1 Å². The van der Waals surface area contributed by atoms with E-state index in [1.807, 2.05) is 43.6 Å². The predicted octanol–water partition coefficient (Wildman–Crippen LogP) is 3.10. The van der Waals surface area contributed by atoms with Crippen molar-refractivity contribution >= 4 is 10.9 Å². The first-order valence-electron chi connectivity index (χ1n) is 5.72. The van der Waals surface area contributed by atoms with Crippen LogP contribution in [-0.2, 0) is 13.7 Å². The molecule has 0 aliphatic heterocycles. The zero-order chi connectivity index (χ0) is 12.5. The van der Waals surface area contributed by atoms with E-state index in [4.69, 9.17) is 0 Å². The number of pyridine rings is 1. The normalized spacial score (nSPS) is 11.0. The highest BCUT2D eigenvalue weighted by molar-refractivity contribution is 5.87. The highest BCUT2D eigenvalue weighted by atomic mass is 19.1. The summed E-state index contributed by atoms with van der Waals surface area (Å²) in [6.07, 6.45) is 3.53. The van der Waals surface area contributed by atoms with E-state index >= 15 is 0 Å². The molecule has 90 valence electrons. The summed E-state index contributed by atoms with van der Waals surface area (Å²) in [5.74, 6) is 0. The molecule has 0 unspecified atom stereocenters. The second kappa shape index (κ2) is 4.22. The Hall–Kier alpha value is -2.23. The van der Waals surface area contributed by atoms with Gasteiger partial charge in [-0.2, -0.15) is 5.10 Å². The van der Waals surface area contributed by atoms with E-state index in [9.17, 15) is 4.39 Å². The molecule has 0 saturated heterocycles. The van der Waals surface area contributed by atoms with Crippen LogP contribution < -0.4 is 0 Å². The molecular weight excluding hydrogens is 229 g/mol. The van der Waals surface area contributed by atoms with Crippen LogP contribution in [0.2, 0.25) is 0 Å². The second-order valence-corrected chi connectivity index (χ2v) is 4.18. The molecule has 0 amide bonds. The minimum Gasteiger partial charge on any atom is -0.275 e. The van der Waals surface area contributed by atoms with Gasteiger partial charge in [0.15, 0.2) is 0 Å². The Morgan fingerprint density at radius 3 is 2.83 bits per heavy atom. The van der Waals surface area contributed by atoms with E-state index < -0.39 is 6.67 Å². The molecule has 0 bridgehead atoms. The Kier molecular flexibility index (Phi) is 2.55. The second-order valence-electron chi connectivity index (χ2n) is 4.18. The number of nitrogens with zero attached hydrogens (tertiary/aromatic N) is 3. The lowest BCUT2D eigenvalue weighted by Gasteiger charge is -2.07.